The molecule has 0 radical (unpaired) electrons. The number of para-hydroxylation sites is 1. The highest BCUT2D eigenvalue weighted by Crippen LogP contribution is 2.47. The third-order valence-electron chi connectivity index (χ3n) is 4.92. The minimum atomic E-state index is -0.829. The summed E-state index contributed by atoms with van der Waals surface area (Å²) in [5.74, 6) is 0.217. The average Bonchev–Trinajstić information content (AvgIpc) is 2.71. The molecule has 0 aromatic heterocycles. The van der Waals surface area contributed by atoms with Crippen molar-refractivity contribution in [2.24, 2.45) is 5.73 Å². The number of nitrogens with two attached hydrogens (primary N) is 1. The fraction of sp³-hybridized carbons (Fsp3) is 0.533. The predicted molar refractivity (Wildman–Crippen MR) is 77.3 cm³/mol. The molecule has 3 aliphatic rings. The average molecular weight is 289 g/mol. The molecule has 6 heteroatoms. The monoisotopic (exact) mass is 289 g/mol. The maximum Gasteiger partial charge on any atom is 0.407 e. The lowest BCUT2D eigenvalue weighted by Gasteiger charge is -2.39. The van der Waals surface area contributed by atoms with E-state index >= 15 is 0 Å². The third kappa shape index (κ3) is 1.82. The molecule has 1 saturated heterocycles. The number of benzene rings is 1. The molecule has 0 spiro atoms. The van der Waals surface area contributed by atoms with Crippen LogP contribution in [0.25, 0.3) is 0 Å². The number of fused-ring (bicyclic) bond motifs is 3. The maximum absolute atomic E-state index is 11.3. The van der Waals surface area contributed by atoms with Crippen LogP contribution in [0.4, 0.5) is 10.5 Å². The van der Waals surface area contributed by atoms with Gasteiger partial charge in [0.1, 0.15) is 6.17 Å². The van der Waals surface area contributed by atoms with E-state index in [4.69, 9.17) is 10.5 Å². The Balaban J connectivity index is 1.79. The summed E-state index contributed by atoms with van der Waals surface area (Å²) in [7, 11) is 0. The molecular weight excluding hydrogens is 270 g/mol. The van der Waals surface area contributed by atoms with Crippen molar-refractivity contribution in [2.45, 2.75) is 31.2 Å². The Morgan fingerprint density at radius 2 is 2.29 bits per heavy atom. The number of hydrogen-bond acceptors (Lipinski definition) is 4. The van der Waals surface area contributed by atoms with Gasteiger partial charge in [0, 0.05) is 36.3 Å². The molecule has 1 aromatic carbocycles. The third-order valence-corrected chi connectivity index (χ3v) is 4.92. The zero-order chi connectivity index (χ0) is 14.6. The normalized spacial score (nSPS) is 30.6. The van der Waals surface area contributed by atoms with Gasteiger partial charge in [-0.3, -0.25) is 0 Å². The van der Waals surface area contributed by atoms with Crippen LogP contribution >= 0.6 is 0 Å². The molecule has 3 atom stereocenters. The molecule has 3 heterocycles. The van der Waals surface area contributed by atoms with E-state index in [0.29, 0.717) is 26.3 Å². The molecule has 0 saturated carbocycles. The van der Waals surface area contributed by atoms with Gasteiger partial charge in [-0.1, -0.05) is 18.2 Å². The fourth-order valence-electron chi connectivity index (χ4n) is 4.04. The second-order valence-electron chi connectivity index (χ2n) is 6.04. The van der Waals surface area contributed by atoms with E-state index in [1.807, 2.05) is 6.07 Å². The van der Waals surface area contributed by atoms with Gasteiger partial charge in [-0.2, -0.15) is 0 Å². The molecule has 1 unspecified atom stereocenters. The highest BCUT2D eigenvalue weighted by Gasteiger charge is 2.46. The highest BCUT2D eigenvalue weighted by atomic mass is 16.5. The van der Waals surface area contributed by atoms with Crippen molar-refractivity contribution in [1.82, 2.24) is 4.90 Å². The van der Waals surface area contributed by atoms with Gasteiger partial charge in [-0.05, 0) is 12.0 Å². The lowest BCUT2D eigenvalue weighted by molar-refractivity contribution is 0.105. The number of rotatable bonds is 0. The zero-order valence-corrected chi connectivity index (χ0v) is 11.7. The van der Waals surface area contributed by atoms with Crippen LogP contribution in [-0.2, 0) is 11.3 Å². The summed E-state index contributed by atoms with van der Waals surface area (Å²) in [5, 5.41) is 9.26. The van der Waals surface area contributed by atoms with Gasteiger partial charge in [0.15, 0.2) is 0 Å². The molecule has 0 aliphatic carbocycles. The first-order chi connectivity index (χ1) is 10.2. The number of carboxylic acid groups (broad SMARTS) is 1. The largest absolute Gasteiger partial charge is 0.465 e. The zero-order valence-electron chi connectivity index (χ0n) is 11.7. The van der Waals surface area contributed by atoms with Gasteiger partial charge in [-0.25, -0.2) is 4.79 Å². The summed E-state index contributed by atoms with van der Waals surface area (Å²) in [6, 6.07) is 6.51. The van der Waals surface area contributed by atoms with Crippen molar-refractivity contribution >= 4 is 11.8 Å². The smallest absolute Gasteiger partial charge is 0.407 e. The number of carbonyl (C=O) groups is 1. The molecule has 3 N–H and O–H groups in total. The first-order valence-corrected chi connectivity index (χ1v) is 7.38. The lowest BCUT2D eigenvalue weighted by atomic mass is 9.88. The van der Waals surface area contributed by atoms with Gasteiger partial charge in [0.05, 0.1) is 13.2 Å². The van der Waals surface area contributed by atoms with Crippen molar-refractivity contribution in [2.75, 3.05) is 24.6 Å². The van der Waals surface area contributed by atoms with E-state index in [0.717, 1.165) is 12.0 Å². The van der Waals surface area contributed by atoms with Crippen LogP contribution in [0, 0.1) is 0 Å². The van der Waals surface area contributed by atoms with Crippen LogP contribution in [-0.4, -0.2) is 48.0 Å². The van der Waals surface area contributed by atoms with Gasteiger partial charge in [-0.15, -0.1) is 0 Å². The van der Waals surface area contributed by atoms with Gasteiger partial charge in [0.25, 0.3) is 0 Å². The SMILES string of the molecule is NC1COCc2cccc3c2N1[C@H]1CCN(C(=O)O)C[C@@H]31. The Bertz CT molecular complexity index is 592. The highest BCUT2D eigenvalue weighted by molar-refractivity contribution is 5.70. The van der Waals surface area contributed by atoms with Crippen LogP contribution in [0.3, 0.4) is 0 Å². The molecule has 112 valence electrons. The first-order valence-electron chi connectivity index (χ1n) is 7.38. The second kappa shape index (κ2) is 4.61. The Labute approximate surface area is 123 Å². The van der Waals surface area contributed by atoms with Crippen LogP contribution in [0.15, 0.2) is 18.2 Å². The fourth-order valence-corrected chi connectivity index (χ4v) is 4.04. The lowest BCUT2D eigenvalue weighted by Crippen LogP contribution is -2.54. The topological polar surface area (TPSA) is 79.0 Å². The standard InChI is InChI=1S/C15H19N3O3/c16-13-8-21-7-9-2-1-3-10-11-6-17(15(19)20)5-4-12(11)18(13)14(9)10/h1-3,11-13H,4-8,16H2,(H,19,20)/t11-,12-,13?/m0/s1. The summed E-state index contributed by atoms with van der Waals surface area (Å²) < 4.78 is 5.66. The van der Waals surface area contributed by atoms with E-state index in [-0.39, 0.29) is 18.1 Å². The Kier molecular flexibility index (Phi) is 2.83. The quantitative estimate of drug-likeness (QED) is 0.749. The number of hydrogen-bond donors (Lipinski definition) is 2. The van der Waals surface area contributed by atoms with Crippen molar-refractivity contribution in [3.8, 4) is 0 Å². The van der Waals surface area contributed by atoms with E-state index in [1.54, 1.807) is 0 Å². The Hall–Kier alpha value is -1.79. The van der Waals surface area contributed by atoms with Crippen molar-refractivity contribution in [1.29, 1.82) is 0 Å². The van der Waals surface area contributed by atoms with E-state index < -0.39 is 6.09 Å². The summed E-state index contributed by atoms with van der Waals surface area (Å²) in [5.41, 5.74) is 9.88. The maximum atomic E-state index is 11.3. The van der Waals surface area contributed by atoms with E-state index in [1.165, 1.54) is 16.2 Å². The van der Waals surface area contributed by atoms with Crippen molar-refractivity contribution < 1.29 is 14.6 Å². The van der Waals surface area contributed by atoms with Crippen molar-refractivity contribution in [3.63, 3.8) is 0 Å². The second-order valence-corrected chi connectivity index (χ2v) is 6.04. The molecule has 1 fully saturated rings. The number of amides is 1. The number of likely N-dealkylation sites (tertiary alicyclic amines) is 1. The van der Waals surface area contributed by atoms with E-state index in [9.17, 15) is 9.90 Å². The minimum absolute atomic E-state index is 0.154. The Morgan fingerprint density at radius 1 is 1.43 bits per heavy atom. The van der Waals surface area contributed by atoms with Crippen LogP contribution in [0.5, 0.6) is 0 Å². The van der Waals surface area contributed by atoms with Gasteiger partial charge >= 0.3 is 6.09 Å². The molecule has 21 heavy (non-hydrogen) atoms. The van der Waals surface area contributed by atoms with Crippen LogP contribution in [0.1, 0.15) is 23.5 Å². The minimum Gasteiger partial charge on any atom is -0.465 e. The van der Waals surface area contributed by atoms with Crippen molar-refractivity contribution in [3.05, 3.63) is 29.3 Å². The molecule has 0 bridgehead atoms. The molecule has 4 rings (SSSR count). The summed E-state index contributed by atoms with van der Waals surface area (Å²) >= 11 is 0. The van der Waals surface area contributed by atoms with Gasteiger partial charge < -0.3 is 25.4 Å². The number of nitrogens with zero attached hydrogens (tertiary/aromatic N) is 2. The number of piperidine rings is 1. The summed E-state index contributed by atoms with van der Waals surface area (Å²) in [4.78, 5) is 15.1. The number of anilines is 1. The summed E-state index contributed by atoms with van der Waals surface area (Å²) in [6.07, 6.45) is -0.165. The molecule has 3 aliphatic heterocycles. The molecule has 1 amide bonds. The van der Waals surface area contributed by atoms with Crippen LogP contribution < -0.4 is 10.6 Å². The Morgan fingerprint density at radius 3 is 3.10 bits per heavy atom. The number of ether oxygens (including phenoxy) is 1. The summed E-state index contributed by atoms with van der Waals surface area (Å²) in [6.45, 7) is 2.22. The van der Waals surface area contributed by atoms with Gasteiger partial charge in [0.2, 0.25) is 0 Å². The van der Waals surface area contributed by atoms with Crippen LogP contribution in [0.2, 0.25) is 0 Å². The molecule has 6 nitrogen and oxygen atoms in total. The molecule has 1 aromatic rings. The molecular formula is C15H19N3O3. The van der Waals surface area contributed by atoms with E-state index in [2.05, 4.69) is 17.0 Å². The first kappa shape index (κ1) is 12.9. The predicted octanol–water partition coefficient (Wildman–Crippen LogP) is 1.16.